The lowest BCUT2D eigenvalue weighted by atomic mass is 9.93. The molecule has 140 valence electrons. The van der Waals surface area contributed by atoms with Crippen LogP contribution in [0.25, 0.3) is 0 Å². The summed E-state index contributed by atoms with van der Waals surface area (Å²) in [4.78, 5) is 19.4. The fourth-order valence-corrected chi connectivity index (χ4v) is 4.42. The highest BCUT2D eigenvalue weighted by Crippen LogP contribution is 2.28. The second-order valence-corrected chi connectivity index (χ2v) is 9.05. The molecule has 2 aliphatic rings. The fraction of sp³-hybridized carbons (Fsp3) is 0.778. The average Bonchev–Trinajstić information content (AvgIpc) is 3.15. The molecule has 2 fully saturated rings. The maximum Gasteiger partial charge on any atom is 0.243 e. The number of hydrogen-bond acceptors (Lipinski definition) is 6. The van der Waals surface area contributed by atoms with Gasteiger partial charge in [0.15, 0.2) is 5.13 Å². The molecule has 0 bridgehead atoms. The standard InChI is InChI=1S/C18H29N3O3S/c1-18(2,3)15-11-25-17(19-15)20-16(23)14-8-13(22)10-21(14)9-12-4-6-24-7-5-12/h11-14,22H,4-10H2,1-3H3,(H,19,20,23)/t13-,14+/m1/s1. The molecule has 2 atom stereocenters. The lowest BCUT2D eigenvalue weighted by Crippen LogP contribution is -2.42. The van der Waals surface area contributed by atoms with E-state index in [1.807, 2.05) is 5.38 Å². The molecule has 25 heavy (non-hydrogen) atoms. The highest BCUT2D eigenvalue weighted by Gasteiger charge is 2.37. The van der Waals surface area contributed by atoms with E-state index in [4.69, 9.17) is 4.74 Å². The molecule has 1 aromatic heterocycles. The molecule has 1 amide bonds. The van der Waals surface area contributed by atoms with Crippen LogP contribution in [0.4, 0.5) is 5.13 Å². The van der Waals surface area contributed by atoms with Crippen LogP contribution < -0.4 is 5.32 Å². The van der Waals surface area contributed by atoms with Crippen molar-refractivity contribution in [1.82, 2.24) is 9.88 Å². The number of amides is 1. The number of aliphatic hydroxyl groups excluding tert-OH is 1. The minimum absolute atomic E-state index is 0.0296. The largest absolute Gasteiger partial charge is 0.392 e. The van der Waals surface area contributed by atoms with Gasteiger partial charge in [-0.25, -0.2) is 4.98 Å². The van der Waals surface area contributed by atoms with E-state index >= 15 is 0 Å². The number of rotatable bonds is 4. The molecule has 3 rings (SSSR count). The van der Waals surface area contributed by atoms with Crippen LogP contribution in [0.3, 0.4) is 0 Å². The second-order valence-electron chi connectivity index (χ2n) is 8.19. The molecule has 0 unspecified atom stereocenters. The average molecular weight is 368 g/mol. The minimum Gasteiger partial charge on any atom is -0.392 e. The highest BCUT2D eigenvalue weighted by molar-refractivity contribution is 7.14. The highest BCUT2D eigenvalue weighted by atomic mass is 32.1. The number of carbonyl (C=O) groups excluding carboxylic acids is 1. The summed E-state index contributed by atoms with van der Waals surface area (Å²) in [7, 11) is 0. The summed E-state index contributed by atoms with van der Waals surface area (Å²) in [5, 5.41) is 15.7. The second kappa shape index (κ2) is 7.70. The van der Waals surface area contributed by atoms with Gasteiger partial charge in [0.1, 0.15) is 0 Å². The third-order valence-electron chi connectivity index (χ3n) is 5.02. The minimum atomic E-state index is -0.433. The van der Waals surface area contributed by atoms with Crippen molar-refractivity contribution in [1.29, 1.82) is 0 Å². The maximum absolute atomic E-state index is 12.7. The number of β-amino-alcohol motifs (C(OH)–C–C–N with tert-alkyl or cyclic N) is 1. The van der Waals surface area contributed by atoms with E-state index in [-0.39, 0.29) is 17.4 Å². The Morgan fingerprint density at radius 1 is 1.44 bits per heavy atom. The Morgan fingerprint density at radius 2 is 2.16 bits per heavy atom. The van der Waals surface area contributed by atoms with Gasteiger partial charge in [-0.15, -0.1) is 11.3 Å². The van der Waals surface area contributed by atoms with Crippen molar-refractivity contribution in [3.05, 3.63) is 11.1 Å². The summed E-state index contributed by atoms with van der Waals surface area (Å²) in [5.41, 5.74) is 0.955. The molecule has 2 saturated heterocycles. The number of nitrogens with zero attached hydrogens (tertiary/aromatic N) is 2. The number of ether oxygens (including phenoxy) is 1. The van der Waals surface area contributed by atoms with E-state index in [0.29, 0.717) is 24.0 Å². The Kier molecular flexibility index (Phi) is 5.78. The molecule has 2 aliphatic heterocycles. The van der Waals surface area contributed by atoms with Crippen molar-refractivity contribution in [3.63, 3.8) is 0 Å². The number of carbonyl (C=O) groups is 1. The summed E-state index contributed by atoms with van der Waals surface area (Å²) < 4.78 is 5.41. The van der Waals surface area contributed by atoms with Gasteiger partial charge >= 0.3 is 0 Å². The molecule has 7 heteroatoms. The van der Waals surface area contributed by atoms with E-state index in [2.05, 4.69) is 36.0 Å². The van der Waals surface area contributed by atoms with Crippen molar-refractivity contribution in [3.8, 4) is 0 Å². The van der Waals surface area contributed by atoms with Gasteiger partial charge in [-0.1, -0.05) is 20.8 Å². The third-order valence-corrected chi connectivity index (χ3v) is 5.78. The Morgan fingerprint density at radius 3 is 2.80 bits per heavy atom. The molecule has 2 N–H and O–H groups in total. The monoisotopic (exact) mass is 367 g/mol. The van der Waals surface area contributed by atoms with E-state index < -0.39 is 6.10 Å². The molecule has 0 aromatic carbocycles. The zero-order valence-electron chi connectivity index (χ0n) is 15.3. The first-order valence-corrected chi connectivity index (χ1v) is 9.97. The molecule has 0 saturated carbocycles. The lowest BCUT2D eigenvalue weighted by molar-refractivity contribution is -0.120. The summed E-state index contributed by atoms with van der Waals surface area (Å²) in [6, 6.07) is -0.278. The van der Waals surface area contributed by atoms with Gasteiger partial charge < -0.3 is 15.2 Å². The number of hydrogen-bond donors (Lipinski definition) is 2. The first kappa shape index (κ1) is 18.8. The zero-order chi connectivity index (χ0) is 18.0. The predicted octanol–water partition coefficient (Wildman–Crippen LogP) is 2.24. The number of thiazole rings is 1. The lowest BCUT2D eigenvalue weighted by Gasteiger charge is -2.30. The number of nitrogens with one attached hydrogen (secondary N) is 1. The Labute approximate surface area is 153 Å². The van der Waals surface area contributed by atoms with E-state index in [9.17, 15) is 9.90 Å². The molecule has 0 aliphatic carbocycles. The van der Waals surface area contributed by atoms with E-state index in [1.54, 1.807) is 0 Å². The van der Waals surface area contributed by atoms with Gasteiger partial charge in [0.2, 0.25) is 5.91 Å². The van der Waals surface area contributed by atoms with Gasteiger partial charge in [-0.05, 0) is 25.2 Å². The van der Waals surface area contributed by atoms with Crippen molar-refractivity contribution in [2.45, 2.75) is 57.6 Å². The van der Waals surface area contributed by atoms with Crippen LogP contribution >= 0.6 is 11.3 Å². The molecule has 0 radical (unpaired) electrons. The first-order valence-electron chi connectivity index (χ1n) is 9.09. The summed E-state index contributed by atoms with van der Waals surface area (Å²) in [5.74, 6) is 0.486. The topological polar surface area (TPSA) is 74.7 Å². The van der Waals surface area contributed by atoms with Gasteiger partial charge in [-0.2, -0.15) is 0 Å². The fourth-order valence-electron chi connectivity index (χ4n) is 3.48. The first-order chi connectivity index (χ1) is 11.8. The van der Waals surface area contributed by atoms with Gasteiger partial charge in [-0.3, -0.25) is 9.69 Å². The Balaban J connectivity index is 1.61. The Hall–Kier alpha value is -1.02. The normalized spacial score (nSPS) is 26.1. The van der Waals surface area contributed by atoms with Crippen LogP contribution in [0, 0.1) is 5.92 Å². The zero-order valence-corrected chi connectivity index (χ0v) is 16.1. The quantitative estimate of drug-likeness (QED) is 0.854. The van der Waals surface area contributed by atoms with Crippen LogP contribution in [-0.2, 0) is 14.9 Å². The number of aliphatic hydroxyl groups is 1. The van der Waals surface area contributed by atoms with Crippen molar-refractivity contribution >= 4 is 22.4 Å². The predicted molar refractivity (Wildman–Crippen MR) is 99.0 cm³/mol. The van der Waals surface area contributed by atoms with Crippen molar-refractivity contribution < 1.29 is 14.6 Å². The van der Waals surface area contributed by atoms with E-state index in [1.165, 1.54) is 11.3 Å². The number of anilines is 1. The van der Waals surface area contributed by atoms with Crippen LogP contribution in [0.1, 0.15) is 45.7 Å². The van der Waals surface area contributed by atoms with Gasteiger partial charge in [0, 0.05) is 37.1 Å². The van der Waals surface area contributed by atoms with Crippen molar-refractivity contribution in [2.24, 2.45) is 5.92 Å². The van der Waals surface area contributed by atoms with Crippen molar-refractivity contribution in [2.75, 3.05) is 31.6 Å². The molecule has 0 spiro atoms. The molecule has 3 heterocycles. The molecule has 1 aromatic rings. The number of aromatic nitrogens is 1. The smallest absolute Gasteiger partial charge is 0.243 e. The van der Waals surface area contributed by atoms with E-state index in [0.717, 1.165) is 38.3 Å². The van der Waals surface area contributed by atoms with Crippen LogP contribution in [-0.4, -0.2) is 59.3 Å². The van der Waals surface area contributed by atoms with Crippen LogP contribution in [0.15, 0.2) is 5.38 Å². The van der Waals surface area contributed by atoms with Crippen LogP contribution in [0.2, 0.25) is 0 Å². The van der Waals surface area contributed by atoms with Gasteiger partial charge in [0.05, 0.1) is 17.8 Å². The SMILES string of the molecule is CC(C)(C)c1csc(NC(=O)[C@@H]2C[C@@H](O)CN2CC2CCOCC2)n1. The molecule has 6 nitrogen and oxygen atoms in total. The summed E-state index contributed by atoms with van der Waals surface area (Å²) >= 11 is 1.46. The number of likely N-dealkylation sites (tertiary alicyclic amines) is 1. The third kappa shape index (κ3) is 4.78. The summed E-state index contributed by atoms with van der Waals surface area (Å²) in [6.07, 6.45) is 2.12. The summed E-state index contributed by atoms with van der Waals surface area (Å²) in [6.45, 7) is 9.34. The molecular formula is C18H29N3O3S. The molecular weight excluding hydrogens is 338 g/mol. The Bertz CT molecular complexity index is 593. The van der Waals surface area contributed by atoms with Gasteiger partial charge in [0.25, 0.3) is 0 Å². The van der Waals surface area contributed by atoms with Crippen LogP contribution in [0.5, 0.6) is 0 Å². The maximum atomic E-state index is 12.7.